The van der Waals surface area contributed by atoms with Gasteiger partial charge in [-0.1, -0.05) is 42.5 Å². The minimum Gasteiger partial charge on any atom is -0.472 e. The number of nitrogens with zero attached hydrogens (tertiary/aromatic N) is 2. The van der Waals surface area contributed by atoms with Crippen LogP contribution in [-0.2, 0) is 6.61 Å². The van der Waals surface area contributed by atoms with Gasteiger partial charge >= 0.3 is 0 Å². The second-order valence-corrected chi connectivity index (χ2v) is 3.97. The Hall–Kier alpha value is -2.42. The van der Waals surface area contributed by atoms with Gasteiger partial charge in [-0.15, -0.1) is 0 Å². The van der Waals surface area contributed by atoms with E-state index in [1.54, 1.807) is 0 Å². The monoisotopic (exact) mass is 236 g/mol. The highest BCUT2D eigenvalue weighted by atomic mass is 16.5. The summed E-state index contributed by atoms with van der Waals surface area (Å²) in [6, 6.07) is 17.9. The lowest BCUT2D eigenvalue weighted by Crippen LogP contribution is -1.98. The molecule has 1 heterocycles. The predicted octanol–water partition coefficient (Wildman–Crippen LogP) is 3.21. The molecule has 88 valence electrons. The van der Waals surface area contributed by atoms with Gasteiger partial charge < -0.3 is 4.74 Å². The van der Waals surface area contributed by atoms with Crippen LogP contribution < -0.4 is 4.74 Å². The van der Waals surface area contributed by atoms with Gasteiger partial charge in [0.25, 0.3) is 0 Å². The first-order valence-corrected chi connectivity index (χ1v) is 5.80. The molecule has 0 saturated carbocycles. The van der Waals surface area contributed by atoms with Crippen LogP contribution in [0.5, 0.6) is 5.88 Å². The number of fused-ring (bicyclic) bond motifs is 1. The Kier molecular flexibility index (Phi) is 2.88. The first-order valence-electron chi connectivity index (χ1n) is 5.80. The molecule has 0 aliphatic carbocycles. The van der Waals surface area contributed by atoms with Crippen molar-refractivity contribution in [2.24, 2.45) is 0 Å². The van der Waals surface area contributed by atoms with Crippen molar-refractivity contribution in [3.05, 3.63) is 66.5 Å². The van der Waals surface area contributed by atoms with Crippen LogP contribution in [0.2, 0.25) is 0 Å². The maximum atomic E-state index is 5.75. The van der Waals surface area contributed by atoms with E-state index in [9.17, 15) is 0 Å². The van der Waals surface area contributed by atoms with Crippen LogP contribution >= 0.6 is 0 Å². The molecule has 3 rings (SSSR count). The van der Waals surface area contributed by atoms with Crippen LogP contribution in [0.1, 0.15) is 5.56 Å². The first kappa shape index (κ1) is 10.7. The Labute approximate surface area is 105 Å². The van der Waals surface area contributed by atoms with Crippen molar-refractivity contribution in [3.63, 3.8) is 0 Å². The van der Waals surface area contributed by atoms with Gasteiger partial charge in [-0.3, -0.25) is 0 Å². The van der Waals surface area contributed by atoms with Crippen LogP contribution in [-0.4, -0.2) is 9.97 Å². The Morgan fingerprint density at radius 2 is 1.61 bits per heavy atom. The zero-order chi connectivity index (χ0) is 12.2. The van der Waals surface area contributed by atoms with Crippen LogP contribution in [0.15, 0.2) is 60.9 Å². The zero-order valence-electron chi connectivity index (χ0n) is 9.78. The summed E-state index contributed by atoms with van der Waals surface area (Å²) in [4.78, 5) is 8.39. The van der Waals surface area contributed by atoms with Gasteiger partial charge in [0.05, 0.1) is 10.9 Å². The number of para-hydroxylation sites is 1. The summed E-state index contributed by atoms with van der Waals surface area (Å²) in [5, 5.41) is 0.941. The maximum Gasteiger partial charge on any atom is 0.224 e. The van der Waals surface area contributed by atoms with Gasteiger partial charge in [0.1, 0.15) is 12.9 Å². The van der Waals surface area contributed by atoms with E-state index in [4.69, 9.17) is 4.74 Å². The quantitative estimate of drug-likeness (QED) is 0.700. The van der Waals surface area contributed by atoms with E-state index in [2.05, 4.69) is 9.97 Å². The minimum atomic E-state index is 0.516. The van der Waals surface area contributed by atoms with Crippen LogP contribution in [0.25, 0.3) is 10.9 Å². The lowest BCUT2D eigenvalue weighted by Gasteiger charge is -2.07. The molecular weight excluding hydrogens is 224 g/mol. The van der Waals surface area contributed by atoms with E-state index in [0.29, 0.717) is 12.5 Å². The summed E-state index contributed by atoms with van der Waals surface area (Å²) in [5.41, 5.74) is 2.02. The normalized spacial score (nSPS) is 10.4. The van der Waals surface area contributed by atoms with Crippen molar-refractivity contribution in [2.75, 3.05) is 0 Å². The predicted molar refractivity (Wildman–Crippen MR) is 70.3 cm³/mol. The zero-order valence-corrected chi connectivity index (χ0v) is 9.78. The molecule has 3 aromatic rings. The highest BCUT2D eigenvalue weighted by Gasteiger charge is 2.03. The summed E-state index contributed by atoms with van der Waals surface area (Å²) in [6.07, 6.45) is 1.53. The molecule has 0 N–H and O–H groups in total. The fourth-order valence-electron chi connectivity index (χ4n) is 1.82. The van der Waals surface area contributed by atoms with Gasteiger partial charge in [0, 0.05) is 0 Å². The van der Waals surface area contributed by atoms with Crippen molar-refractivity contribution in [2.45, 2.75) is 6.61 Å². The molecule has 0 amide bonds. The molecular formula is C15H12N2O. The molecule has 0 bridgehead atoms. The van der Waals surface area contributed by atoms with Crippen molar-refractivity contribution < 1.29 is 4.74 Å². The van der Waals surface area contributed by atoms with Gasteiger partial charge in [0.15, 0.2) is 0 Å². The Balaban J connectivity index is 1.87. The topological polar surface area (TPSA) is 35.0 Å². The van der Waals surface area contributed by atoms with E-state index in [1.807, 2.05) is 54.6 Å². The molecule has 0 atom stereocenters. The molecule has 0 spiro atoms. The number of hydrogen-bond donors (Lipinski definition) is 0. The van der Waals surface area contributed by atoms with Crippen molar-refractivity contribution in [1.82, 2.24) is 9.97 Å². The molecule has 0 saturated heterocycles. The van der Waals surface area contributed by atoms with Gasteiger partial charge in [-0.2, -0.15) is 0 Å². The second-order valence-electron chi connectivity index (χ2n) is 3.97. The molecule has 3 heteroatoms. The summed E-state index contributed by atoms with van der Waals surface area (Å²) in [6.45, 7) is 0.516. The van der Waals surface area contributed by atoms with Gasteiger partial charge in [0.2, 0.25) is 5.88 Å². The summed E-state index contributed by atoms with van der Waals surface area (Å²) >= 11 is 0. The fourth-order valence-corrected chi connectivity index (χ4v) is 1.82. The molecule has 1 aromatic heterocycles. The second kappa shape index (κ2) is 4.84. The average Bonchev–Trinajstić information content (AvgIpc) is 2.46. The SMILES string of the molecule is c1ccc(COc2ncnc3ccccc23)cc1. The largest absolute Gasteiger partial charge is 0.472 e. The number of hydrogen-bond acceptors (Lipinski definition) is 3. The molecule has 18 heavy (non-hydrogen) atoms. The minimum absolute atomic E-state index is 0.516. The number of aromatic nitrogens is 2. The van der Waals surface area contributed by atoms with E-state index < -0.39 is 0 Å². The van der Waals surface area contributed by atoms with E-state index >= 15 is 0 Å². The molecule has 3 nitrogen and oxygen atoms in total. The molecule has 0 aliphatic heterocycles. The van der Waals surface area contributed by atoms with E-state index in [-0.39, 0.29) is 0 Å². The average molecular weight is 236 g/mol. The molecule has 0 aliphatic rings. The van der Waals surface area contributed by atoms with Gasteiger partial charge in [-0.25, -0.2) is 9.97 Å². The molecule has 0 radical (unpaired) electrons. The van der Waals surface area contributed by atoms with Crippen LogP contribution in [0, 0.1) is 0 Å². The summed E-state index contributed by atoms with van der Waals surface area (Å²) < 4.78 is 5.75. The number of benzene rings is 2. The Bertz CT molecular complexity index is 647. The maximum absolute atomic E-state index is 5.75. The third-order valence-electron chi connectivity index (χ3n) is 2.72. The third kappa shape index (κ3) is 2.15. The Morgan fingerprint density at radius 3 is 2.50 bits per heavy atom. The Morgan fingerprint density at radius 1 is 0.833 bits per heavy atom. The number of rotatable bonds is 3. The van der Waals surface area contributed by atoms with Crippen molar-refractivity contribution >= 4 is 10.9 Å². The molecule has 2 aromatic carbocycles. The van der Waals surface area contributed by atoms with Crippen LogP contribution in [0.3, 0.4) is 0 Å². The molecule has 0 unspecified atom stereocenters. The lowest BCUT2D eigenvalue weighted by molar-refractivity contribution is 0.297. The van der Waals surface area contributed by atoms with Gasteiger partial charge in [-0.05, 0) is 17.7 Å². The summed E-state index contributed by atoms with van der Waals surface area (Å²) in [7, 11) is 0. The summed E-state index contributed by atoms with van der Waals surface area (Å²) in [5.74, 6) is 0.629. The van der Waals surface area contributed by atoms with Crippen molar-refractivity contribution in [3.8, 4) is 5.88 Å². The van der Waals surface area contributed by atoms with Crippen LogP contribution in [0.4, 0.5) is 0 Å². The highest BCUT2D eigenvalue weighted by Crippen LogP contribution is 2.21. The first-order chi connectivity index (χ1) is 8.93. The smallest absolute Gasteiger partial charge is 0.224 e. The standard InChI is InChI=1S/C15H12N2O/c1-2-6-12(7-3-1)10-18-15-13-8-4-5-9-14(13)16-11-17-15/h1-9,11H,10H2. The van der Waals surface area contributed by atoms with E-state index in [0.717, 1.165) is 16.5 Å². The third-order valence-corrected chi connectivity index (χ3v) is 2.72. The lowest BCUT2D eigenvalue weighted by atomic mass is 10.2. The number of ether oxygens (including phenoxy) is 1. The fraction of sp³-hybridized carbons (Fsp3) is 0.0667. The molecule has 0 fully saturated rings. The highest BCUT2D eigenvalue weighted by molar-refractivity contribution is 5.82. The van der Waals surface area contributed by atoms with Crippen molar-refractivity contribution in [1.29, 1.82) is 0 Å². The van der Waals surface area contributed by atoms with E-state index in [1.165, 1.54) is 6.33 Å².